The smallest absolute Gasteiger partial charge is 0.197 e. The number of pyridine rings is 1. The van der Waals surface area contributed by atoms with Crippen LogP contribution in [-0.2, 0) is 22.4 Å². The van der Waals surface area contributed by atoms with Gasteiger partial charge < -0.3 is 28.3 Å². The van der Waals surface area contributed by atoms with E-state index in [-0.39, 0.29) is 11.5 Å². The molecule has 7 heteroatoms. The van der Waals surface area contributed by atoms with E-state index in [0.717, 1.165) is 29.8 Å². The molecule has 1 fully saturated rings. The summed E-state index contributed by atoms with van der Waals surface area (Å²) in [4.78, 5) is 12.6. The zero-order valence-corrected chi connectivity index (χ0v) is 16.4. The molecule has 7 nitrogen and oxygen atoms in total. The van der Waals surface area contributed by atoms with E-state index in [0.29, 0.717) is 49.4 Å². The molecule has 0 N–H and O–H groups in total. The van der Waals surface area contributed by atoms with Gasteiger partial charge in [-0.15, -0.1) is 0 Å². The fourth-order valence-corrected chi connectivity index (χ4v) is 3.81. The van der Waals surface area contributed by atoms with Crippen molar-refractivity contribution in [3.8, 4) is 28.6 Å². The molecular formula is C21H25NO6. The fourth-order valence-electron chi connectivity index (χ4n) is 3.81. The van der Waals surface area contributed by atoms with Crippen molar-refractivity contribution in [1.82, 2.24) is 4.57 Å². The fraction of sp³-hybridized carbons (Fsp3) is 0.476. The highest BCUT2D eigenvalue weighted by molar-refractivity contribution is 5.73. The SMILES string of the molecule is COc1cc2c(cc1OC)-c1c(C)c(=O)cc(OCC3COCCO3)n1CC2. The van der Waals surface area contributed by atoms with Gasteiger partial charge in [0.05, 0.1) is 39.7 Å². The monoisotopic (exact) mass is 387 g/mol. The van der Waals surface area contributed by atoms with Crippen molar-refractivity contribution in [1.29, 1.82) is 0 Å². The van der Waals surface area contributed by atoms with Crippen LogP contribution in [-0.4, -0.2) is 51.3 Å². The minimum absolute atomic E-state index is 0.0512. The summed E-state index contributed by atoms with van der Waals surface area (Å²) < 4.78 is 30.0. The number of benzene rings is 1. The third kappa shape index (κ3) is 3.36. The van der Waals surface area contributed by atoms with Gasteiger partial charge in [0.25, 0.3) is 0 Å². The first-order valence-electron chi connectivity index (χ1n) is 9.44. The molecule has 2 aliphatic rings. The molecule has 0 spiro atoms. The quantitative estimate of drug-likeness (QED) is 0.784. The highest BCUT2D eigenvalue weighted by atomic mass is 16.6. The lowest BCUT2D eigenvalue weighted by atomic mass is 9.94. The van der Waals surface area contributed by atoms with Crippen molar-refractivity contribution < 1.29 is 23.7 Å². The van der Waals surface area contributed by atoms with E-state index in [1.54, 1.807) is 20.3 Å². The summed E-state index contributed by atoms with van der Waals surface area (Å²) in [5, 5.41) is 0. The summed E-state index contributed by atoms with van der Waals surface area (Å²) in [5.41, 5.74) is 3.61. The van der Waals surface area contributed by atoms with Crippen LogP contribution in [0.15, 0.2) is 23.0 Å². The Kier molecular flexibility index (Phi) is 5.28. The Balaban J connectivity index is 1.74. The maximum absolute atomic E-state index is 12.6. The number of methoxy groups -OCH3 is 2. The second-order valence-electron chi connectivity index (χ2n) is 6.97. The molecule has 2 aliphatic heterocycles. The van der Waals surface area contributed by atoms with Gasteiger partial charge in [-0.1, -0.05) is 0 Å². The third-order valence-electron chi connectivity index (χ3n) is 5.29. The van der Waals surface area contributed by atoms with Crippen LogP contribution >= 0.6 is 0 Å². The number of fused-ring (bicyclic) bond motifs is 3. The average Bonchev–Trinajstić information content (AvgIpc) is 2.74. The number of ether oxygens (including phenoxy) is 5. The third-order valence-corrected chi connectivity index (χ3v) is 5.29. The normalized spacial score (nSPS) is 18.2. The predicted molar refractivity (Wildman–Crippen MR) is 104 cm³/mol. The van der Waals surface area contributed by atoms with Gasteiger partial charge in [-0.05, 0) is 31.0 Å². The molecule has 1 atom stereocenters. The Bertz CT molecular complexity index is 929. The first-order valence-corrected chi connectivity index (χ1v) is 9.44. The Morgan fingerprint density at radius 3 is 2.64 bits per heavy atom. The standard InChI is InChI=1S/C21H25NO6/c1-13-17(23)10-20(28-12-15-11-26-6-7-27-15)22-5-4-14-8-18(24-2)19(25-3)9-16(14)21(13)22/h8-10,15H,4-7,11-12H2,1-3H3. The van der Waals surface area contributed by atoms with E-state index in [9.17, 15) is 4.79 Å². The molecule has 150 valence electrons. The van der Waals surface area contributed by atoms with Crippen molar-refractivity contribution in [2.24, 2.45) is 0 Å². The Labute approximate surface area is 163 Å². The van der Waals surface area contributed by atoms with E-state index in [2.05, 4.69) is 4.57 Å². The highest BCUT2D eigenvalue weighted by Crippen LogP contribution is 2.40. The van der Waals surface area contributed by atoms with E-state index in [1.165, 1.54) is 0 Å². The van der Waals surface area contributed by atoms with Gasteiger partial charge >= 0.3 is 0 Å². The van der Waals surface area contributed by atoms with Crippen LogP contribution in [0.4, 0.5) is 0 Å². The summed E-state index contributed by atoms with van der Waals surface area (Å²) in [7, 11) is 3.23. The molecular weight excluding hydrogens is 362 g/mol. The van der Waals surface area contributed by atoms with Gasteiger partial charge in [-0.25, -0.2) is 0 Å². The molecule has 0 aliphatic carbocycles. The molecule has 2 aromatic rings. The molecule has 3 heterocycles. The maximum Gasteiger partial charge on any atom is 0.197 e. The predicted octanol–water partition coefficient (Wildman–Crippen LogP) is 2.19. The van der Waals surface area contributed by atoms with Gasteiger partial charge in [0.1, 0.15) is 12.7 Å². The number of rotatable bonds is 5. The van der Waals surface area contributed by atoms with Crippen molar-refractivity contribution in [3.63, 3.8) is 0 Å². The molecule has 4 rings (SSSR count). The second-order valence-corrected chi connectivity index (χ2v) is 6.97. The van der Waals surface area contributed by atoms with E-state index >= 15 is 0 Å². The number of aryl methyl sites for hydroxylation is 1. The minimum atomic E-state index is -0.123. The zero-order chi connectivity index (χ0) is 19.7. The van der Waals surface area contributed by atoms with Crippen molar-refractivity contribution in [3.05, 3.63) is 39.5 Å². The van der Waals surface area contributed by atoms with Gasteiger partial charge in [-0.2, -0.15) is 0 Å². The van der Waals surface area contributed by atoms with Gasteiger partial charge in [0, 0.05) is 23.7 Å². The van der Waals surface area contributed by atoms with Crippen molar-refractivity contribution in [2.45, 2.75) is 26.0 Å². The van der Waals surface area contributed by atoms with Crippen LogP contribution in [0.25, 0.3) is 11.3 Å². The lowest BCUT2D eigenvalue weighted by Gasteiger charge is -2.28. The largest absolute Gasteiger partial charge is 0.493 e. The summed E-state index contributed by atoms with van der Waals surface area (Å²) in [6.07, 6.45) is 0.686. The number of hydrogen-bond acceptors (Lipinski definition) is 6. The lowest BCUT2D eigenvalue weighted by molar-refractivity contribution is -0.102. The summed E-state index contributed by atoms with van der Waals surface area (Å²) in [6, 6.07) is 5.49. The second kappa shape index (κ2) is 7.85. The summed E-state index contributed by atoms with van der Waals surface area (Å²) >= 11 is 0. The molecule has 0 radical (unpaired) electrons. The van der Waals surface area contributed by atoms with E-state index in [1.807, 2.05) is 19.1 Å². The zero-order valence-electron chi connectivity index (χ0n) is 16.4. The summed E-state index contributed by atoms with van der Waals surface area (Å²) in [6.45, 7) is 4.59. The Morgan fingerprint density at radius 2 is 1.93 bits per heavy atom. The van der Waals surface area contributed by atoms with Crippen LogP contribution in [0.5, 0.6) is 17.4 Å². The Morgan fingerprint density at radius 1 is 1.14 bits per heavy atom. The number of aromatic nitrogens is 1. The van der Waals surface area contributed by atoms with Crippen LogP contribution in [0.3, 0.4) is 0 Å². The first-order chi connectivity index (χ1) is 13.6. The van der Waals surface area contributed by atoms with Crippen molar-refractivity contribution >= 4 is 0 Å². The topological polar surface area (TPSA) is 68.2 Å². The van der Waals surface area contributed by atoms with Crippen LogP contribution in [0.2, 0.25) is 0 Å². The Hall–Kier alpha value is -2.51. The van der Waals surface area contributed by atoms with Gasteiger partial charge in [-0.3, -0.25) is 4.79 Å². The summed E-state index contributed by atoms with van der Waals surface area (Å²) in [5.74, 6) is 1.89. The van der Waals surface area contributed by atoms with Gasteiger partial charge in [0.2, 0.25) is 0 Å². The molecule has 1 aromatic heterocycles. The van der Waals surface area contributed by atoms with Crippen LogP contribution < -0.4 is 19.6 Å². The maximum atomic E-state index is 12.6. The molecule has 0 bridgehead atoms. The van der Waals surface area contributed by atoms with E-state index in [4.69, 9.17) is 23.7 Å². The molecule has 28 heavy (non-hydrogen) atoms. The van der Waals surface area contributed by atoms with Crippen LogP contribution in [0.1, 0.15) is 11.1 Å². The number of nitrogens with zero attached hydrogens (tertiary/aromatic N) is 1. The first kappa shape index (κ1) is 18.8. The van der Waals surface area contributed by atoms with E-state index < -0.39 is 0 Å². The number of hydrogen-bond donors (Lipinski definition) is 0. The molecule has 0 amide bonds. The average molecular weight is 387 g/mol. The molecule has 1 unspecified atom stereocenters. The minimum Gasteiger partial charge on any atom is -0.493 e. The van der Waals surface area contributed by atoms with Gasteiger partial charge in [0.15, 0.2) is 22.8 Å². The molecule has 0 saturated carbocycles. The lowest BCUT2D eigenvalue weighted by Crippen LogP contribution is -2.34. The van der Waals surface area contributed by atoms with Crippen LogP contribution in [0, 0.1) is 6.92 Å². The van der Waals surface area contributed by atoms with Crippen molar-refractivity contribution in [2.75, 3.05) is 40.6 Å². The molecule has 1 saturated heterocycles. The highest BCUT2D eigenvalue weighted by Gasteiger charge is 2.25. The molecule has 1 aromatic carbocycles.